The minimum absolute atomic E-state index is 0.238. The standard InChI is InChI=1S/C18H21N3O5/c1-2-26-14-9-7-12(8-10-14)19-15(22)11-20-16(23)17(24)21(18(20)25)13-5-3-4-6-13/h7-10,13H,2-6,11H2,1H3,(H,19,22). The van der Waals surface area contributed by atoms with Crippen molar-refractivity contribution < 1.29 is 23.9 Å². The van der Waals surface area contributed by atoms with Gasteiger partial charge in [0.05, 0.1) is 6.61 Å². The fourth-order valence-corrected chi connectivity index (χ4v) is 3.29. The van der Waals surface area contributed by atoms with E-state index < -0.39 is 30.3 Å². The molecule has 26 heavy (non-hydrogen) atoms. The fourth-order valence-electron chi connectivity index (χ4n) is 3.29. The van der Waals surface area contributed by atoms with E-state index in [1.54, 1.807) is 24.3 Å². The predicted octanol–water partition coefficient (Wildman–Crippen LogP) is 1.76. The van der Waals surface area contributed by atoms with E-state index in [4.69, 9.17) is 4.74 Å². The number of anilines is 1. The van der Waals surface area contributed by atoms with Crippen LogP contribution in [0.5, 0.6) is 5.75 Å². The number of amides is 5. The summed E-state index contributed by atoms with van der Waals surface area (Å²) in [4.78, 5) is 50.6. The van der Waals surface area contributed by atoms with E-state index in [1.807, 2.05) is 6.92 Å². The van der Waals surface area contributed by atoms with Gasteiger partial charge in [-0.2, -0.15) is 0 Å². The summed E-state index contributed by atoms with van der Waals surface area (Å²) in [6, 6.07) is 5.79. The minimum atomic E-state index is -0.941. The molecule has 1 aromatic carbocycles. The SMILES string of the molecule is CCOc1ccc(NC(=O)CN2C(=O)C(=O)N(C3CCCC3)C2=O)cc1. The monoisotopic (exact) mass is 359 g/mol. The number of nitrogens with one attached hydrogen (secondary N) is 1. The second kappa shape index (κ2) is 7.55. The van der Waals surface area contributed by atoms with Crippen LogP contribution in [0.3, 0.4) is 0 Å². The van der Waals surface area contributed by atoms with Gasteiger partial charge in [0.15, 0.2) is 0 Å². The Bertz CT molecular complexity index is 725. The molecule has 5 amide bonds. The van der Waals surface area contributed by atoms with Crippen molar-refractivity contribution in [2.45, 2.75) is 38.6 Å². The van der Waals surface area contributed by atoms with Gasteiger partial charge in [0.1, 0.15) is 12.3 Å². The Labute approximate surface area is 151 Å². The lowest BCUT2D eigenvalue weighted by Crippen LogP contribution is -2.41. The van der Waals surface area contributed by atoms with Crippen LogP contribution in [0.15, 0.2) is 24.3 Å². The van der Waals surface area contributed by atoms with Gasteiger partial charge in [0.2, 0.25) is 5.91 Å². The van der Waals surface area contributed by atoms with Gasteiger partial charge in [0.25, 0.3) is 0 Å². The Kier molecular flexibility index (Phi) is 5.20. The van der Waals surface area contributed by atoms with E-state index in [2.05, 4.69) is 5.32 Å². The highest BCUT2D eigenvalue weighted by molar-refractivity contribution is 6.45. The molecule has 1 aromatic rings. The molecule has 0 unspecified atom stereocenters. The van der Waals surface area contributed by atoms with Crippen molar-refractivity contribution in [3.05, 3.63) is 24.3 Å². The fraction of sp³-hybridized carbons (Fsp3) is 0.444. The second-order valence-electron chi connectivity index (χ2n) is 6.29. The van der Waals surface area contributed by atoms with Gasteiger partial charge in [-0.3, -0.25) is 19.3 Å². The molecule has 1 aliphatic carbocycles. The summed E-state index contributed by atoms with van der Waals surface area (Å²) in [6.07, 6.45) is 3.26. The number of imide groups is 2. The number of carbonyl (C=O) groups excluding carboxylic acids is 4. The summed E-state index contributed by atoms with van der Waals surface area (Å²) in [7, 11) is 0. The van der Waals surface area contributed by atoms with Crippen LogP contribution < -0.4 is 10.1 Å². The molecule has 0 spiro atoms. The quantitative estimate of drug-likeness (QED) is 0.617. The number of ether oxygens (including phenoxy) is 1. The number of hydrogen-bond acceptors (Lipinski definition) is 5. The van der Waals surface area contributed by atoms with E-state index in [1.165, 1.54) is 0 Å². The summed E-state index contributed by atoms with van der Waals surface area (Å²) >= 11 is 0. The molecule has 0 bridgehead atoms. The Balaban J connectivity index is 1.62. The summed E-state index contributed by atoms with van der Waals surface area (Å²) in [6.45, 7) is 1.92. The maximum atomic E-state index is 12.4. The van der Waals surface area contributed by atoms with Crippen LogP contribution in [0.1, 0.15) is 32.6 Å². The highest BCUT2D eigenvalue weighted by atomic mass is 16.5. The van der Waals surface area contributed by atoms with Crippen LogP contribution in [0, 0.1) is 0 Å². The van der Waals surface area contributed by atoms with E-state index in [-0.39, 0.29) is 6.04 Å². The zero-order chi connectivity index (χ0) is 18.7. The van der Waals surface area contributed by atoms with E-state index >= 15 is 0 Å². The summed E-state index contributed by atoms with van der Waals surface area (Å²) < 4.78 is 5.32. The first-order valence-corrected chi connectivity index (χ1v) is 8.73. The number of hydrogen-bond donors (Lipinski definition) is 1. The number of carbonyl (C=O) groups is 4. The molecule has 1 aliphatic heterocycles. The van der Waals surface area contributed by atoms with Crippen LogP contribution >= 0.6 is 0 Å². The molecule has 8 heteroatoms. The molecule has 0 radical (unpaired) electrons. The molecule has 0 aromatic heterocycles. The Morgan fingerprint density at radius 2 is 1.77 bits per heavy atom. The Morgan fingerprint density at radius 1 is 1.12 bits per heavy atom. The smallest absolute Gasteiger partial charge is 0.334 e. The summed E-state index contributed by atoms with van der Waals surface area (Å²) in [5.74, 6) is -1.65. The van der Waals surface area contributed by atoms with Gasteiger partial charge in [-0.15, -0.1) is 0 Å². The van der Waals surface area contributed by atoms with E-state index in [0.29, 0.717) is 35.8 Å². The van der Waals surface area contributed by atoms with Crippen LogP contribution in [0.4, 0.5) is 10.5 Å². The molecule has 1 heterocycles. The number of nitrogens with zero attached hydrogens (tertiary/aromatic N) is 2. The highest BCUT2D eigenvalue weighted by Gasteiger charge is 2.48. The van der Waals surface area contributed by atoms with Crippen molar-refractivity contribution in [1.82, 2.24) is 9.80 Å². The third-order valence-electron chi connectivity index (χ3n) is 4.52. The summed E-state index contributed by atoms with van der Waals surface area (Å²) in [5.41, 5.74) is 0.511. The van der Waals surface area contributed by atoms with Crippen molar-refractivity contribution >= 4 is 29.4 Å². The van der Waals surface area contributed by atoms with Crippen LogP contribution in [0.25, 0.3) is 0 Å². The average molecular weight is 359 g/mol. The molecular formula is C18H21N3O5. The van der Waals surface area contributed by atoms with Crippen molar-refractivity contribution in [3.63, 3.8) is 0 Å². The van der Waals surface area contributed by atoms with Gasteiger partial charge in [-0.25, -0.2) is 9.69 Å². The maximum Gasteiger partial charge on any atom is 0.334 e. The Morgan fingerprint density at radius 3 is 2.38 bits per heavy atom. The maximum absolute atomic E-state index is 12.4. The van der Waals surface area contributed by atoms with Crippen LogP contribution in [-0.2, 0) is 14.4 Å². The van der Waals surface area contributed by atoms with Gasteiger partial charge in [0, 0.05) is 11.7 Å². The molecule has 138 valence electrons. The lowest BCUT2D eigenvalue weighted by molar-refractivity contribution is -0.144. The van der Waals surface area contributed by atoms with Crippen LogP contribution in [0.2, 0.25) is 0 Å². The molecule has 1 N–H and O–H groups in total. The largest absolute Gasteiger partial charge is 0.494 e. The van der Waals surface area contributed by atoms with Crippen molar-refractivity contribution in [2.24, 2.45) is 0 Å². The predicted molar refractivity (Wildman–Crippen MR) is 92.5 cm³/mol. The highest BCUT2D eigenvalue weighted by Crippen LogP contribution is 2.27. The van der Waals surface area contributed by atoms with E-state index in [0.717, 1.165) is 17.7 Å². The molecule has 1 saturated heterocycles. The minimum Gasteiger partial charge on any atom is -0.494 e. The van der Waals surface area contributed by atoms with Crippen molar-refractivity contribution in [1.29, 1.82) is 0 Å². The number of urea groups is 1. The number of benzene rings is 1. The van der Waals surface area contributed by atoms with Gasteiger partial charge >= 0.3 is 17.8 Å². The van der Waals surface area contributed by atoms with Crippen molar-refractivity contribution in [3.8, 4) is 5.75 Å². The first kappa shape index (κ1) is 17.9. The van der Waals surface area contributed by atoms with Gasteiger partial charge < -0.3 is 10.1 Å². The number of rotatable bonds is 6. The second-order valence-corrected chi connectivity index (χ2v) is 6.29. The third kappa shape index (κ3) is 3.54. The topological polar surface area (TPSA) is 96.0 Å². The average Bonchev–Trinajstić information content (AvgIpc) is 3.21. The Hall–Kier alpha value is -2.90. The third-order valence-corrected chi connectivity index (χ3v) is 4.52. The first-order chi connectivity index (χ1) is 12.5. The zero-order valence-corrected chi connectivity index (χ0v) is 14.6. The zero-order valence-electron chi connectivity index (χ0n) is 14.6. The molecule has 0 atom stereocenters. The molecule has 3 rings (SSSR count). The molecule has 8 nitrogen and oxygen atoms in total. The lowest BCUT2D eigenvalue weighted by atomic mass is 10.2. The molecular weight excluding hydrogens is 338 g/mol. The molecule has 2 fully saturated rings. The first-order valence-electron chi connectivity index (χ1n) is 8.73. The molecule has 2 aliphatic rings. The lowest BCUT2D eigenvalue weighted by Gasteiger charge is -2.20. The van der Waals surface area contributed by atoms with E-state index in [9.17, 15) is 19.2 Å². The van der Waals surface area contributed by atoms with Crippen molar-refractivity contribution in [2.75, 3.05) is 18.5 Å². The van der Waals surface area contributed by atoms with Gasteiger partial charge in [-0.1, -0.05) is 12.8 Å². The molecule has 1 saturated carbocycles. The van der Waals surface area contributed by atoms with Gasteiger partial charge in [-0.05, 0) is 44.0 Å². The van der Waals surface area contributed by atoms with Crippen LogP contribution in [-0.4, -0.2) is 52.7 Å². The normalized spacial score (nSPS) is 18.0. The summed E-state index contributed by atoms with van der Waals surface area (Å²) in [5, 5.41) is 2.61.